The van der Waals surface area contributed by atoms with Crippen LogP contribution in [0.4, 0.5) is 11.4 Å². The third kappa shape index (κ3) is 5.69. The zero-order valence-corrected chi connectivity index (χ0v) is 19.6. The number of halogens is 2. The van der Waals surface area contributed by atoms with Crippen LogP contribution in [0, 0.1) is 0 Å². The summed E-state index contributed by atoms with van der Waals surface area (Å²) in [5.74, 6) is -1.85. The van der Waals surface area contributed by atoms with Crippen LogP contribution in [-0.2, 0) is 0 Å². The summed E-state index contributed by atoms with van der Waals surface area (Å²) in [6.07, 6.45) is 0. The lowest BCUT2D eigenvalue weighted by Gasteiger charge is -2.13. The summed E-state index contributed by atoms with van der Waals surface area (Å²) in [5.41, 5.74) is 2.67. The number of benzene rings is 4. The summed E-state index contributed by atoms with van der Waals surface area (Å²) < 4.78 is 0. The predicted octanol–water partition coefficient (Wildman–Crippen LogP) is 6.86. The van der Waals surface area contributed by atoms with E-state index in [0.717, 1.165) is 0 Å². The molecule has 0 radical (unpaired) electrons. The summed E-state index contributed by atoms with van der Waals surface area (Å²) in [5, 5.41) is 15.9. The fraction of sp³-hybridized carbons (Fsp3) is 0. The molecule has 0 aliphatic rings. The zero-order valence-electron chi connectivity index (χ0n) is 18.1. The maximum Gasteiger partial charge on any atom is 0.336 e. The average molecular weight is 505 g/mol. The van der Waals surface area contributed by atoms with Crippen LogP contribution >= 0.6 is 23.2 Å². The van der Waals surface area contributed by atoms with Gasteiger partial charge < -0.3 is 15.7 Å². The molecule has 2 amide bonds. The molecule has 0 fully saturated rings. The van der Waals surface area contributed by atoms with Crippen molar-refractivity contribution in [1.82, 2.24) is 0 Å². The molecule has 0 unspecified atom stereocenters. The van der Waals surface area contributed by atoms with Crippen molar-refractivity contribution in [2.24, 2.45) is 0 Å². The molecule has 0 aliphatic carbocycles. The highest BCUT2D eigenvalue weighted by Crippen LogP contribution is 2.28. The van der Waals surface area contributed by atoms with E-state index in [1.807, 2.05) is 0 Å². The molecule has 6 nitrogen and oxygen atoms in total. The van der Waals surface area contributed by atoms with Crippen LogP contribution in [0.15, 0.2) is 91.0 Å². The van der Waals surface area contributed by atoms with Crippen molar-refractivity contribution < 1.29 is 19.5 Å². The Bertz CT molecular complexity index is 1420. The average Bonchev–Trinajstić information content (AvgIpc) is 2.83. The van der Waals surface area contributed by atoms with Gasteiger partial charge in [-0.1, -0.05) is 59.6 Å². The van der Waals surface area contributed by atoms with Gasteiger partial charge in [-0.25, -0.2) is 4.79 Å². The lowest BCUT2D eigenvalue weighted by molar-refractivity contribution is 0.0697. The maximum atomic E-state index is 13.1. The number of hydrogen-bond acceptors (Lipinski definition) is 3. The predicted molar refractivity (Wildman–Crippen MR) is 138 cm³/mol. The summed E-state index contributed by atoms with van der Waals surface area (Å²) in [6, 6.07) is 24.4. The molecule has 4 rings (SSSR count). The molecule has 0 atom stereocenters. The van der Waals surface area contributed by atoms with Crippen LogP contribution in [0.1, 0.15) is 31.1 Å². The minimum atomic E-state index is -1.08. The summed E-state index contributed by atoms with van der Waals surface area (Å²) >= 11 is 11.9. The van der Waals surface area contributed by atoms with E-state index in [4.69, 9.17) is 23.2 Å². The Morgan fingerprint density at radius 1 is 0.600 bits per heavy atom. The van der Waals surface area contributed by atoms with E-state index >= 15 is 0 Å². The number of amides is 2. The second kappa shape index (κ2) is 10.4. The molecule has 0 spiro atoms. The van der Waals surface area contributed by atoms with Gasteiger partial charge in [-0.05, 0) is 65.7 Å². The number of rotatable bonds is 6. The first-order valence-corrected chi connectivity index (χ1v) is 11.2. The molecule has 0 saturated heterocycles. The lowest BCUT2D eigenvalue weighted by atomic mass is 9.95. The highest BCUT2D eigenvalue weighted by atomic mass is 35.5. The van der Waals surface area contributed by atoms with Gasteiger partial charge in [0.25, 0.3) is 11.8 Å². The van der Waals surface area contributed by atoms with Gasteiger partial charge in [-0.3, -0.25) is 9.59 Å². The van der Waals surface area contributed by atoms with Crippen molar-refractivity contribution in [2.45, 2.75) is 0 Å². The van der Waals surface area contributed by atoms with Crippen LogP contribution in [0.3, 0.4) is 0 Å². The topological polar surface area (TPSA) is 95.5 Å². The Balaban J connectivity index is 1.52. The Kier molecular flexibility index (Phi) is 7.15. The minimum Gasteiger partial charge on any atom is -0.478 e. The van der Waals surface area contributed by atoms with Crippen molar-refractivity contribution in [3.05, 3.63) is 118 Å². The molecule has 35 heavy (non-hydrogen) atoms. The Morgan fingerprint density at radius 3 is 1.71 bits per heavy atom. The molecular formula is C27H18Cl2N2O4. The van der Waals surface area contributed by atoms with Gasteiger partial charge in [0.1, 0.15) is 0 Å². The molecule has 0 aliphatic heterocycles. The normalized spacial score (nSPS) is 10.5. The Morgan fingerprint density at radius 2 is 1.11 bits per heavy atom. The summed E-state index contributed by atoms with van der Waals surface area (Å²) in [7, 11) is 0. The first-order valence-electron chi connectivity index (χ1n) is 10.4. The number of carboxylic acids is 1. The molecule has 4 aromatic carbocycles. The molecule has 8 heteroatoms. The van der Waals surface area contributed by atoms with E-state index in [-0.39, 0.29) is 11.5 Å². The molecular weight excluding hydrogens is 487 g/mol. The van der Waals surface area contributed by atoms with Crippen LogP contribution in [0.2, 0.25) is 10.0 Å². The van der Waals surface area contributed by atoms with Crippen molar-refractivity contribution in [3.8, 4) is 11.1 Å². The van der Waals surface area contributed by atoms with Crippen molar-refractivity contribution in [3.63, 3.8) is 0 Å². The molecule has 4 aromatic rings. The van der Waals surface area contributed by atoms with E-state index in [0.29, 0.717) is 43.7 Å². The van der Waals surface area contributed by atoms with E-state index in [1.54, 1.807) is 84.9 Å². The SMILES string of the molecule is O=C(Nc1cc(Cl)cc(Cl)c1)c1ccc(NC(=O)c2ccccc2-c2ccccc2C(=O)O)cc1. The molecule has 174 valence electrons. The highest BCUT2D eigenvalue weighted by molar-refractivity contribution is 6.35. The van der Waals surface area contributed by atoms with E-state index in [1.165, 1.54) is 6.07 Å². The van der Waals surface area contributed by atoms with Gasteiger partial charge in [-0.2, -0.15) is 0 Å². The number of carboxylic acid groups (broad SMARTS) is 1. The maximum absolute atomic E-state index is 13.1. The smallest absolute Gasteiger partial charge is 0.336 e. The first-order chi connectivity index (χ1) is 16.8. The molecule has 0 bridgehead atoms. The van der Waals surface area contributed by atoms with Gasteiger partial charge in [-0.15, -0.1) is 0 Å². The second-order valence-electron chi connectivity index (χ2n) is 7.54. The standard InChI is InChI=1S/C27H18Cl2N2O4/c28-17-13-18(29)15-20(14-17)31-25(32)16-9-11-19(12-10-16)30-26(33)23-7-3-1-5-21(23)22-6-2-4-8-24(22)27(34)35/h1-15H,(H,30,33)(H,31,32)(H,34,35). The number of carbonyl (C=O) groups is 3. The number of aromatic carboxylic acids is 1. The van der Waals surface area contributed by atoms with Gasteiger partial charge in [0.15, 0.2) is 0 Å². The van der Waals surface area contributed by atoms with Crippen molar-refractivity contribution in [2.75, 3.05) is 10.6 Å². The quantitative estimate of drug-likeness (QED) is 0.267. The van der Waals surface area contributed by atoms with Crippen molar-refractivity contribution in [1.29, 1.82) is 0 Å². The number of anilines is 2. The van der Waals surface area contributed by atoms with Crippen LogP contribution in [0.25, 0.3) is 11.1 Å². The molecule has 3 N–H and O–H groups in total. The van der Waals surface area contributed by atoms with Crippen molar-refractivity contribution >= 4 is 52.4 Å². The third-order valence-electron chi connectivity index (χ3n) is 5.14. The minimum absolute atomic E-state index is 0.101. The summed E-state index contributed by atoms with van der Waals surface area (Å²) in [4.78, 5) is 37.3. The van der Waals surface area contributed by atoms with Gasteiger partial charge in [0.05, 0.1) is 5.56 Å². The monoisotopic (exact) mass is 504 g/mol. The molecule has 0 heterocycles. The van der Waals surface area contributed by atoms with Crippen LogP contribution in [-0.4, -0.2) is 22.9 Å². The van der Waals surface area contributed by atoms with E-state index in [9.17, 15) is 19.5 Å². The lowest BCUT2D eigenvalue weighted by Crippen LogP contribution is -2.15. The first kappa shape index (κ1) is 24.0. The Hall–Kier alpha value is -4.13. The largest absolute Gasteiger partial charge is 0.478 e. The summed E-state index contributed by atoms with van der Waals surface area (Å²) in [6.45, 7) is 0. The third-order valence-corrected chi connectivity index (χ3v) is 5.58. The zero-order chi connectivity index (χ0) is 24.9. The number of carbonyl (C=O) groups excluding carboxylic acids is 2. The van der Waals surface area contributed by atoms with Gasteiger partial charge in [0.2, 0.25) is 0 Å². The number of hydrogen-bond donors (Lipinski definition) is 3. The van der Waals surface area contributed by atoms with Crippen LogP contribution < -0.4 is 10.6 Å². The molecule has 0 saturated carbocycles. The fourth-order valence-electron chi connectivity index (χ4n) is 3.55. The second-order valence-corrected chi connectivity index (χ2v) is 8.41. The van der Waals surface area contributed by atoms with E-state index < -0.39 is 11.9 Å². The fourth-order valence-corrected chi connectivity index (χ4v) is 4.08. The van der Waals surface area contributed by atoms with Crippen LogP contribution in [0.5, 0.6) is 0 Å². The van der Waals surface area contributed by atoms with E-state index in [2.05, 4.69) is 10.6 Å². The highest BCUT2D eigenvalue weighted by Gasteiger charge is 2.18. The molecule has 0 aromatic heterocycles. The Labute approximate surface area is 211 Å². The number of nitrogens with one attached hydrogen (secondary N) is 2. The van der Waals surface area contributed by atoms with Gasteiger partial charge >= 0.3 is 5.97 Å². The van der Waals surface area contributed by atoms with Gasteiger partial charge in [0, 0.05) is 32.5 Å².